The second-order valence-electron chi connectivity index (χ2n) is 10.5. The number of rotatable bonds is 2. The monoisotopic (exact) mass is 526 g/mol. The van der Waals surface area contributed by atoms with Gasteiger partial charge in [0, 0.05) is 27.2 Å². The number of benzene rings is 6. The van der Waals surface area contributed by atoms with Gasteiger partial charge in [0.05, 0.1) is 22.2 Å². The Hall–Kier alpha value is -5.61. The Balaban J connectivity index is 1.31. The van der Waals surface area contributed by atoms with E-state index in [1.54, 1.807) is 0 Å². The number of hydrogen-bond acceptors (Lipinski definition) is 2. The van der Waals surface area contributed by atoms with Gasteiger partial charge in [-0.3, -0.25) is 9.36 Å². The molecule has 4 nitrogen and oxygen atoms in total. The molecule has 0 N–H and O–H groups in total. The largest absolute Gasteiger partial charge is 0.453 e. The van der Waals surface area contributed by atoms with Crippen molar-refractivity contribution in [3.05, 3.63) is 144 Å². The van der Waals surface area contributed by atoms with Gasteiger partial charge < -0.3 is 9.30 Å². The summed E-state index contributed by atoms with van der Waals surface area (Å²) < 4.78 is 10.4. The molecular formula is C37H22N2O2. The molecule has 4 heteroatoms. The van der Waals surface area contributed by atoms with Crippen LogP contribution in [0.2, 0.25) is 0 Å². The van der Waals surface area contributed by atoms with E-state index in [-0.39, 0.29) is 5.56 Å². The van der Waals surface area contributed by atoms with Crippen LogP contribution in [0.1, 0.15) is 0 Å². The highest BCUT2D eigenvalue weighted by Crippen LogP contribution is 2.45. The molecule has 3 heterocycles. The van der Waals surface area contributed by atoms with Crippen molar-refractivity contribution in [2.24, 2.45) is 0 Å². The first-order valence-corrected chi connectivity index (χ1v) is 13.7. The minimum Gasteiger partial charge on any atom is -0.453 e. The molecule has 0 atom stereocenters. The number of nitrogens with zero attached hydrogens (tertiary/aromatic N) is 2. The first-order chi connectivity index (χ1) is 20.3. The summed E-state index contributed by atoms with van der Waals surface area (Å²) in [7, 11) is 0. The Morgan fingerprint density at radius 2 is 1.07 bits per heavy atom. The maximum atomic E-state index is 13.7. The van der Waals surface area contributed by atoms with Crippen LogP contribution in [0.3, 0.4) is 0 Å². The molecule has 9 rings (SSSR count). The second kappa shape index (κ2) is 8.20. The van der Waals surface area contributed by atoms with E-state index in [1.165, 1.54) is 5.39 Å². The maximum absolute atomic E-state index is 13.7. The summed E-state index contributed by atoms with van der Waals surface area (Å²) in [5.41, 5.74) is 7.26. The predicted molar refractivity (Wildman–Crippen MR) is 167 cm³/mol. The van der Waals surface area contributed by atoms with Crippen molar-refractivity contribution in [2.45, 2.75) is 0 Å². The normalized spacial score (nSPS) is 12.2. The smallest absolute Gasteiger partial charge is 0.263 e. The van der Waals surface area contributed by atoms with Crippen molar-refractivity contribution in [1.82, 2.24) is 9.13 Å². The molecule has 0 radical (unpaired) electrons. The van der Waals surface area contributed by atoms with Crippen molar-refractivity contribution in [3.8, 4) is 34.0 Å². The number of para-hydroxylation sites is 4. The van der Waals surface area contributed by atoms with E-state index in [0.29, 0.717) is 5.39 Å². The van der Waals surface area contributed by atoms with Crippen LogP contribution in [-0.4, -0.2) is 9.13 Å². The fourth-order valence-corrected chi connectivity index (χ4v) is 6.49. The van der Waals surface area contributed by atoms with Crippen molar-refractivity contribution >= 4 is 43.5 Å². The second-order valence-corrected chi connectivity index (χ2v) is 10.5. The highest BCUT2D eigenvalue weighted by Gasteiger charge is 2.23. The zero-order valence-corrected chi connectivity index (χ0v) is 21.9. The van der Waals surface area contributed by atoms with E-state index in [4.69, 9.17) is 4.74 Å². The summed E-state index contributed by atoms with van der Waals surface area (Å²) in [6.45, 7) is 0. The average molecular weight is 527 g/mol. The molecule has 0 saturated heterocycles. The Kier molecular flexibility index (Phi) is 4.44. The summed E-state index contributed by atoms with van der Waals surface area (Å²) in [6, 6.07) is 45.3. The topological polar surface area (TPSA) is 36.2 Å². The van der Waals surface area contributed by atoms with Crippen LogP contribution < -0.4 is 10.3 Å². The molecule has 0 saturated carbocycles. The van der Waals surface area contributed by atoms with Gasteiger partial charge in [0.25, 0.3) is 5.56 Å². The van der Waals surface area contributed by atoms with Crippen LogP contribution in [0.25, 0.3) is 66.0 Å². The number of ether oxygens (including phenoxy) is 1. The minimum absolute atomic E-state index is 0.00916. The third-order valence-electron chi connectivity index (χ3n) is 8.31. The molecule has 2 aromatic heterocycles. The van der Waals surface area contributed by atoms with E-state index in [0.717, 1.165) is 66.7 Å². The van der Waals surface area contributed by atoms with Gasteiger partial charge in [0.15, 0.2) is 11.5 Å². The molecule has 0 unspecified atom stereocenters. The molecule has 0 spiro atoms. The first kappa shape index (κ1) is 22.2. The standard InChI is InChI=1S/C37H22N2O2/c40-37-28-12-5-4-11-26(28)29-21-23(17-19-31(29)38(37)25-9-2-1-3-10-25)24-18-20-32-30(22-24)27-13-8-16-35-36(27)39(32)33-14-6-7-15-34(33)41-35/h1-22H. The predicted octanol–water partition coefficient (Wildman–Crippen LogP) is 9.01. The SMILES string of the molecule is O=c1c2ccccc2c2cc(-c3ccc4c(c3)c3cccc5c3n4-c3ccccc3O5)ccc2n1-c1ccccc1. The number of pyridine rings is 1. The van der Waals surface area contributed by atoms with Crippen LogP contribution in [0.5, 0.6) is 11.5 Å². The zero-order valence-electron chi connectivity index (χ0n) is 21.9. The van der Waals surface area contributed by atoms with Gasteiger partial charge in [-0.15, -0.1) is 0 Å². The van der Waals surface area contributed by atoms with Gasteiger partial charge in [-0.2, -0.15) is 0 Å². The summed E-state index contributed by atoms with van der Waals surface area (Å²) >= 11 is 0. The number of fused-ring (bicyclic) bond motifs is 8. The lowest BCUT2D eigenvalue weighted by molar-refractivity contribution is 0.476. The lowest BCUT2D eigenvalue weighted by Crippen LogP contribution is -2.19. The van der Waals surface area contributed by atoms with Crippen molar-refractivity contribution in [2.75, 3.05) is 0 Å². The van der Waals surface area contributed by atoms with Gasteiger partial charge in [-0.25, -0.2) is 0 Å². The Bertz CT molecular complexity index is 2420. The van der Waals surface area contributed by atoms with E-state index in [2.05, 4.69) is 65.2 Å². The Morgan fingerprint density at radius 1 is 0.463 bits per heavy atom. The molecule has 0 amide bonds. The van der Waals surface area contributed by atoms with Gasteiger partial charge in [-0.05, 0) is 77.2 Å². The van der Waals surface area contributed by atoms with Crippen LogP contribution in [0.4, 0.5) is 0 Å². The van der Waals surface area contributed by atoms with Crippen molar-refractivity contribution in [1.29, 1.82) is 0 Å². The van der Waals surface area contributed by atoms with E-state index in [9.17, 15) is 4.79 Å². The fourth-order valence-electron chi connectivity index (χ4n) is 6.49. The summed E-state index contributed by atoms with van der Waals surface area (Å²) in [5, 5.41) is 5.07. The minimum atomic E-state index is -0.00916. The maximum Gasteiger partial charge on any atom is 0.263 e. The van der Waals surface area contributed by atoms with E-state index < -0.39 is 0 Å². The molecule has 0 aliphatic carbocycles. The molecule has 1 aliphatic heterocycles. The van der Waals surface area contributed by atoms with Gasteiger partial charge in [0.2, 0.25) is 0 Å². The van der Waals surface area contributed by atoms with Gasteiger partial charge in [-0.1, -0.05) is 72.8 Å². The lowest BCUT2D eigenvalue weighted by Gasteiger charge is -2.20. The molecule has 8 aromatic rings. The van der Waals surface area contributed by atoms with Crippen LogP contribution in [0, 0.1) is 0 Å². The van der Waals surface area contributed by atoms with Crippen LogP contribution >= 0.6 is 0 Å². The highest BCUT2D eigenvalue weighted by molar-refractivity contribution is 6.13. The molecular weight excluding hydrogens is 504 g/mol. The molecule has 0 fully saturated rings. The molecule has 1 aliphatic rings. The number of aromatic nitrogens is 2. The van der Waals surface area contributed by atoms with Crippen LogP contribution in [-0.2, 0) is 0 Å². The molecule has 192 valence electrons. The average Bonchev–Trinajstić information content (AvgIpc) is 3.37. The van der Waals surface area contributed by atoms with Crippen molar-refractivity contribution < 1.29 is 4.74 Å². The molecule has 0 bridgehead atoms. The quantitative estimate of drug-likeness (QED) is 0.211. The Morgan fingerprint density at radius 3 is 1.88 bits per heavy atom. The lowest BCUT2D eigenvalue weighted by atomic mass is 9.98. The van der Waals surface area contributed by atoms with E-state index >= 15 is 0 Å². The first-order valence-electron chi connectivity index (χ1n) is 13.7. The molecule has 6 aromatic carbocycles. The van der Waals surface area contributed by atoms with Gasteiger partial charge >= 0.3 is 0 Å². The molecule has 41 heavy (non-hydrogen) atoms. The highest BCUT2D eigenvalue weighted by atomic mass is 16.5. The zero-order chi connectivity index (χ0) is 27.1. The van der Waals surface area contributed by atoms with E-state index in [1.807, 2.05) is 77.4 Å². The Labute approximate surface area is 234 Å². The third-order valence-corrected chi connectivity index (χ3v) is 8.31. The number of hydrogen-bond donors (Lipinski definition) is 0. The fraction of sp³-hybridized carbons (Fsp3) is 0. The van der Waals surface area contributed by atoms with Crippen molar-refractivity contribution in [3.63, 3.8) is 0 Å². The summed E-state index contributed by atoms with van der Waals surface area (Å²) in [5.74, 6) is 1.73. The van der Waals surface area contributed by atoms with Crippen LogP contribution in [0.15, 0.2) is 138 Å². The van der Waals surface area contributed by atoms with Gasteiger partial charge in [0.1, 0.15) is 0 Å². The summed E-state index contributed by atoms with van der Waals surface area (Å²) in [4.78, 5) is 13.7. The summed E-state index contributed by atoms with van der Waals surface area (Å²) in [6.07, 6.45) is 0. The third kappa shape index (κ3) is 3.07.